The van der Waals surface area contributed by atoms with Crippen LogP contribution in [0.4, 0.5) is 0 Å². The van der Waals surface area contributed by atoms with Crippen molar-refractivity contribution in [1.29, 1.82) is 0 Å². The van der Waals surface area contributed by atoms with E-state index in [0.717, 1.165) is 12.0 Å². The van der Waals surface area contributed by atoms with Gasteiger partial charge in [0.05, 0.1) is 0 Å². The Hall–Kier alpha value is -0.0800. The average Bonchev–Trinajstić information content (AvgIpc) is 2.27. The van der Waals surface area contributed by atoms with Crippen LogP contribution in [-0.4, -0.2) is 36.6 Å². The van der Waals surface area contributed by atoms with E-state index in [-0.39, 0.29) is 0 Å². The second-order valence-corrected chi connectivity index (χ2v) is 5.64. The first-order valence-corrected chi connectivity index (χ1v) is 7.11. The molecule has 1 aliphatic rings. The molecule has 96 valence electrons. The van der Waals surface area contributed by atoms with Crippen LogP contribution in [0.3, 0.4) is 0 Å². The van der Waals surface area contributed by atoms with Gasteiger partial charge in [-0.3, -0.25) is 4.90 Å². The Balaban J connectivity index is 2.42. The first-order chi connectivity index (χ1) is 7.65. The van der Waals surface area contributed by atoms with Crippen molar-refractivity contribution in [2.24, 2.45) is 5.92 Å². The van der Waals surface area contributed by atoms with Crippen LogP contribution >= 0.6 is 0 Å². The van der Waals surface area contributed by atoms with Crippen LogP contribution in [0.2, 0.25) is 0 Å². The lowest BCUT2D eigenvalue weighted by Gasteiger charge is -2.37. The zero-order chi connectivity index (χ0) is 12.0. The average molecular weight is 226 g/mol. The van der Waals surface area contributed by atoms with Gasteiger partial charge in [0.1, 0.15) is 0 Å². The summed E-state index contributed by atoms with van der Waals surface area (Å²) in [6, 6.07) is 1.43. The molecule has 0 aromatic rings. The van der Waals surface area contributed by atoms with Gasteiger partial charge in [-0.15, -0.1) is 0 Å². The lowest BCUT2D eigenvalue weighted by Crippen LogP contribution is -2.45. The summed E-state index contributed by atoms with van der Waals surface area (Å²) in [5.41, 5.74) is 0. The van der Waals surface area contributed by atoms with Gasteiger partial charge in [-0.2, -0.15) is 0 Å². The summed E-state index contributed by atoms with van der Waals surface area (Å²) >= 11 is 0. The Labute approximate surface area is 102 Å². The predicted molar refractivity (Wildman–Crippen MR) is 71.8 cm³/mol. The van der Waals surface area contributed by atoms with Gasteiger partial charge in [-0.25, -0.2) is 0 Å². The lowest BCUT2D eigenvalue weighted by atomic mass is 9.97. The Kier molecular flexibility index (Phi) is 6.37. The predicted octanol–water partition coefficient (Wildman–Crippen LogP) is 2.89. The molecule has 2 atom stereocenters. The summed E-state index contributed by atoms with van der Waals surface area (Å²) < 4.78 is 0. The fourth-order valence-corrected chi connectivity index (χ4v) is 2.86. The molecule has 0 spiro atoms. The molecule has 0 amide bonds. The van der Waals surface area contributed by atoms with Crippen LogP contribution in [0, 0.1) is 5.92 Å². The molecule has 2 heteroatoms. The van der Waals surface area contributed by atoms with E-state index < -0.39 is 0 Å². The minimum atomic E-state index is 0.684. The summed E-state index contributed by atoms with van der Waals surface area (Å²) in [7, 11) is 0. The Morgan fingerprint density at radius 1 is 1.31 bits per heavy atom. The van der Waals surface area contributed by atoms with Crippen LogP contribution < -0.4 is 5.32 Å². The van der Waals surface area contributed by atoms with Gasteiger partial charge < -0.3 is 5.32 Å². The number of piperidine rings is 1. The van der Waals surface area contributed by atoms with E-state index in [9.17, 15) is 0 Å². The fraction of sp³-hybridized carbons (Fsp3) is 1.00. The van der Waals surface area contributed by atoms with Crippen molar-refractivity contribution in [3.8, 4) is 0 Å². The molecule has 0 aromatic carbocycles. The zero-order valence-corrected chi connectivity index (χ0v) is 11.6. The highest BCUT2D eigenvalue weighted by molar-refractivity contribution is 4.78. The SMILES string of the molecule is CCCC(C)N(CC1CCCNC1)C(C)C. The fourth-order valence-electron chi connectivity index (χ4n) is 2.86. The smallest absolute Gasteiger partial charge is 0.00696 e. The maximum atomic E-state index is 3.52. The maximum Gasteiger partial charge on any atom is 0.00696 e. The van der Waals surface area contributed by atoms with Crippen molar-refractivity contribution in [3.63, 3.8) is 0 Å². The first-order valence-electron chi connectivity index (χ1n) is 7.11. The van der Waals surface area contributed by atoms with E-state index in [1.165, 1.54) is 45.3 Å². The van der Waals surface area contributed by atoms with Crippen LogP contribution in [0.15, 0.2) is 0 Å². The monoisotopic (exact) mass is 226 g/mol. The van der Waals surface area contributed by atoms with Crippen molar-refractivity contribution in [1.82, 2.24) is 10.2 Å². The highest BCUT2D eigenvalue weighted by atomic mass is 15.2. The second-order valence-electron chi connectivity index (χ2n) is 5.64. The molecular weight excluding hydrogens is 196 g/mol. The Morgan fingerprint density at radius 2 is 2.06 bits per heavy atom. The highest BCUT2D eigenvalue weighted by Crippen LogP contribution is 2.17. The number of nitrogens with zero attached hydrogens (tertiary/aromatic N) is 1. The van der Waals surface area contributed by atoms with E-state index in [2.05, 4.69) is 37.9 Å². The molecule has 0 saturated carbocycles. The first kappa shape index (κ1) is 14.0. The summed E-state index contributed by atoms with van der Waals surface area (Å²) in [5.74, 6) is 0.871. The molecule has 1 rings (SSSR count). The molecule has 2 nitrogen and oxygen atoms in total. The Morgan fingerprint density at radius 3 is 2.56 bits per heavy atom. The van der Waals surface area contributed by atoms with Gasteiger partial charge in [0.15, 0.2) is 0 Å². The van der Waals surface area contributed by atoms with Gasteiger partial charge in [-0.05, 0) is 59.0 Å². The van der Waals surface area contributed by atoms with Crippen molar-refractivity contribution in [2.75, 3.05) is 19.6 Å². The number of hydrogen-bond donors (Lipinski definition) is 1. The molecule has 0 radical (unpaired) electrons. The van der Waals surface area contributed by atoms with E-state index >= 15 is 0 Å². The van der Waals surface area contributed by atoms with Gasteiger partial charge in [0.25, 0.3) is 0 Å². The van der Waals surface area contributed by atoms with Gasteiger partial charge in [0.2, 0.25) is 0 Å². The normalized spacial score (nSPS) is 24.0. The van der Waals surface area contributed by atoms with Gasteiger partial charge in [-0.1, -0.05) is 13.3 Å². The lowest BCUT2D eigenvalue weighted by molar-refractivity contribution is 0.120. The second kappa shape index (κ2) is 7.29. The third-order valence-corrected chi connectivity index (χ3v) is 3.80. The largest absolute Gasteiger partial charge is 0.316 e. The van der Waals surface area contributed by atoms with Crippen LogP contribution in [0.1, 0.15) is 53.4 Å². The van der Waals surface area contributed by atoms with E-state index in [0.29, 0.717) is 6.04 Å². The third-order valence-electron chi connectivity index (χ3n) is 3.80. The molecule has 0 aliphatic carbocycles. The molecule has 1 heterocycles. The molecule has 1 N–H and O–H groups in total. The summed E-state index contributed by atoms with van der Waals surface area (Å²) in [6.07, 6.45) is 5.40. The standard InChI is InChI=1S/C14H30N2/c1-5-7-13(4)16(12(2)3)11-14-8-6-9-15-10-14/h12-15H,5-11H2,1-4H3. The quantitative estimate of drug-likeness (QED) is 0.749. The van der Waals surface area contributed by atoms with Crippen molar-refractivity contribution >= 4 is 0 Å². The third kappa shape index (κ3) is 4.42. The summed E-state index contributed by atoms with van der Waals surface area (Å²) in [4.78, 5) is 2.70. The maximum absolute atomic E-state index is 3.52. The van der Waals surface area contributed by atoms with E-state index in [4.69, 9.17) is 0 Å². The summed E-state index contributed by atoms with van der Waals surface area (Å²) in [6.45, 7) is 13.1. The van der Waals surface area contributed by atoms with E-state index in [1.807, 2.05) is 0 Å². The molecule has 1 fully saturated rings. The zero-order valence-electron chi connectivity index (χ0n) is 11.6. The van der Waals surface area contributed by atoms with Crippen molar-refractivity contribution in [3.05, 3.63) is 0 Å². The van der Waals surface area contributed by atoms with Crippen molar-refractivity contribution < 1.29 is 0 Å². The topological polar surface area (TPSA) is 15.3 Å². The van der Waals surface area contributed by atoms with Crippen LogP contribution in [-0.2, 0) is 0 Å². The van der Waals surface area contributed by atoms with Crippen LogP contribution in [0.5, 0.6) is 0 Å². The van der Waals surface area contributed by atoms with Gasteiger partial charge in [0, 0.05) is 18.6 Å². The van der Waals surface area contributed by atoms with Crippen molar-refractivity contribution in [2.45, 2.75) is 65.5 Å². The van der Waals surface area contributed by atoms with Crippen LogP contribution in [0.25, 0.3) is 0 Å². The number of hydrogen-bond acceptors (Lipinski definition) is 2. The molecular formula is C14H30N2. The molecule has 0 aromatic heterocycles. The molecule has 1 aliphatic heterocycles. The number of nitrogens with one attached hydrogen (secondary N) is 1. The minimum absolute atomic E-state index is 0.684. The minimum Gasteiger partial charge on any atom is -0.316 e. The van der Waals surface area contributed by atoms with Gasteiger partial charge >= 0.3 is 0 Å². The number of rotatable bonds is 6. The molecule has 1 saturated heterocycles. The van der Waals surface area contributed by atoms with E-state index in [1.54, 1.807) is 0 Å². The molecule has 16 heavy (non-hydrogen) atoms. The Bertz CT molecular complexity index is 174. The highest BCUT2D eigenvalue weighted by Gasteiger charge is 2.22. The molecule has 2 unspecified atom stereocenters. The summed E-state index contributed by atoms with van der Waals surface area (Å²) in [5, 5.41) is 3.52. The molecule has 0 bridgehead atoms.